The van der Waals surface area contributed by atoms with Crippen LogP contribution in [0.5, 0.6) is 5.75 Å². The van der Waals surface area contributed by atoms with Crippen LogP contribution in [0, 0.1) is 11.6 Å². The smallest absolute Gasteiger partial charge is 0.169 e. The molecular formula is C13H10F2N4OS. The Morgan fingerprint density at radius 2 is 1.95 bits per heavy atom. The fourth-order valence-corrected chi connectivity index (χ4v) is 2.62. The van der Waals surface area contributed by atoms with Gasteiger partial charge in [-0.15, -0.1) is 11.3 Å². The predicted molar refractivity (Wildman–Crippen MR) is 75.9 cm³/mol. The first-order chi connectivity index (χ1) is 10.2. The average molecular weight is 308 g/mol. The highest BCUT2D eigenvalue weighted by atomic mass is 32.1. The predicted octanol–water partition coefficient (Wildman–Crippen LogP) is 2.83. The summed E-state index contributed by atoms with van der Waals surface area (Å²) < 4.78 is 31.4. The SMILES string of the molecule is NNc1nc(COc2cc(F)cc(F)c2)nc2sccc12. The highest BCUT2D eigenvalue weighted by molar-refractivity contribution is 7.16. The van der Waals surface area contributed by atoms with Gasteiger partial charge in [0, 0.05) is 18.2 Å². The molecule has 5 nitrogen and oxygen atoms in total. The number of fused-ring (bicyclic) bond motifs is 1. The lowest BCUT2D eigenvalue weighted by molar-refractivity contribution is 0.293. The topological polar surface area (TPSA) is 73.1 Å². The molecule has 3 N–H and O–H groups in total. The summed E-state index contributed by atoms with van der Waals surface area (Å²) in [4.78, 5) is 9.25. The van der Waals surface area contributed by atoms with E-state index in [1.54, 1.807) is 0 Å². The van der Waals surface area contributed by atoms with E-state index in [0.717, 1.165) is 28.4 Å². The molecule has 3 aromatic rings. The van der Waals surface area contributed by atoms with Gasteiger partial charge in [-0.1, -0.05) is 0 Å². The lowest BCUT2D eigenvalue weighted by Gasteiger charge is -2.07. The maximum atomic E-state index is 13.1. The maximum Gasteiger partial charge on any atom is 0.169 e. The Labute approximate surface area is 122 Å². The van der Waals surface area contributed by atoms with Crippen LogP contribution in [0.25, 0.3) is 10.2 Å². The van der Waals surface area contributed by atoms with Crippen LogP contribution >= 0.6 is 11.3 Å². The number of hydrogen-bond acceptors (Lipinski definition) is 6. The second kappa shape index (κ2) is 5.58. The Hall–Kier alpha value is -2.32. The van der Waals surface area contributed by atoms with Gasteiger partial charge in [0.15, 0.2) is 11.6 Å². The molecule has 0 bridgehead atoms. The van der Waals surface area contributed by atoms with Crippen LogP contribution < -0.4 is 16.0 Å². The summed E-state index contributed by atoms with van der Waals surface area (Å²) in [6.45, 7) is -0.0224. The molecule has 3 rings (SSSR count). The minimum Gasteiger partial charge on any atom is -0.485 e. The lowest BCUT2D eigenvalue weighted by Crippen LogP contribution is -2.11. The Kier molecular flexibility index (Phi) is 3.63. The first-order valence-electron chi connectivity index (χ1n) is 5.95. The van der Waals surface area contributed by atoms with E-state index in [1.165, 1.54) is 11.3 Å². The largest absolute Gasteiger partial charge is 0.485 e. The Morgan fingerprint density at radius 1 is 1.19 bits per heavy atom. The van der Waals surface area contributed by atoms with Gasteiger partial charge >= 0.3 is 0 Å². The van der Waals surface area contributed by atoms with E-state index in [9.17, 15) is 8.78 Å². The fraction of sp³-hybridized carbons (Fsp3) is 0.0769. The van der Waals surface area contributed by atoms with Crippen LogP contribution in [0.1, 0.15) is 5.82 Å². The quantitative estimate of drug-likeness (QED) is 0.573. The summed E-state index contributed by atoms with van der Waals surface area (Å²) in [5, 5.41) is 2.68. The minimum absolute atomic E-state index is 0.0224. The van der Waals surface area contributed by atoms with Gasteiger partial charge in [-0.25, -0.2) is 24.6 Å². The number of halogens is 2. The van der Waals surface area contributed by atoms with Gasteiger partial charge in [-0.05, 0) is 11.4 Å². The minimum atomic E-state index is -0.705. The molecule has 2 heterocycles. The van der Waals surface area contributed by atoms with Crippen molar-refractivity contribution in [1.82, 2.24) is 9.97 Å². The summed E-state index contributed by atoms with van der Waals surface area (Å²) in [5.74, 6) is 4.92. The van der Waals surface area contributed by atoms with Crippen LogP contribution in [0.15, 0.2) is 29.6 Å². The molecule has 0 unspecified atom stereocenters. The van der Waals surface area contributed by atoms with Gasteiger partial charge < -0.3 is 10.2 Å². The number of benzene rings is 1. The van der Waals surface area contributed by atoms with Crippen molar-refractivity contribution in [1.29, 1.82) is 0 Å². The zero-order valence-corrected chi connectivity index (χ0v) is 11.5. The van der Waals surface area contributed by atoms with E-state index in [-0.39, 0.29) is 12.4 Å². The summed E-state index contributed by atoms with van der Waals surface area (Å²) in [6.07, 6.45) is 0. The number of nitrogens with zero attached hydrogens (tertiary/aromatic N) is 2. The van der Waals surface area contributed by atoms with Crippen molar-refractivity contribution in [2.24, 2.45) is 5.84 Å². The highest BCUT2D eigenvalue weighted by Crippen LogP contribution is 2.25. The molecule has 0 saturated heterocycles. The van der Waals surface area contributed by atoms with Crippen molar-refractivity contribution in [3.63, 3.8) is 0 Å². The lowest BCUT2D eigenvalue weighted by atomic mass is 10.3. The number of thiophene rings is 1. The normalized spacial score (nSPS) is 10.8. The van der Waals surface area contributed by atoms with E-state index in [0.29, 0.717) is 11.6 Å². The zero-order valence-electron chi connectivity index (χ0n) is 10.6. The standard InChI is InChI=1S/C13H10F2N4OS/c14-7-3-8(15)5-9(4-7)20-6-11-17-12(19-16)10-1-2-21-13(10)18-11/h1-5H,6,16H2,(H,17,18,19). The Morgan fingerprint density at radius 3 is 2.67 bits per heavy atom. The molecule has 0 radical (unpaired) electrons. The molecule has 0 aliphatic carbocycles. The number of ether oxygens (including phenoxy) is 1. The third-order valence-electron chi connectivity index (χ3n) is 2.71. The number of anilines is 1. The van der Waals surface area contributed by atoms with E-state index >= 15 is 0 Å². The van der Waals surface area contributed by atoms with Crippen LogP contribution in [0.3, 0.4) is 0 Å². The molecule has 8 heteroatoms. The molecule has 0 fully saturated rings. The third kappa shape index (κ3) is 2.91. The number of hydrazine groups is 1. The molecule has 108 valence electrons. The number of nitrogens with one attached hydrogen (secondary N) is 1. The van der Waals surface area contributed by atoms with Crippen molar-refractivity contribution in [3.05, 3.63) is 47.1 Å². The van der Waals surface area contributed by atoms with Crippen LogP contribution in [0.2, 0.25) is 0 Å². The number of rotatable bonds is 4. The van der Waals surface area contributed by atoms with Gasteiger partial charge in [-0.3, -0.25) is 0 Å². The molecule has 0 atom stereocenters. The maximum absolute atomic E-state index is 13.1. The average Bonchev–Trinajstić information content (AvgIpc) is 2.91. The second-order valence-electron chi connectivity index (χ2n) is 4.17. The number of nitrogen functional groups attached to an aromatic ring is 1. The first-order valence-corrected chi connectivity index (χ1v) is 6.83. The van der Waals surface area contributed by atoms with E-state index < -0.39 is 11.6 Å². The molecular weight excluding hydrogens is 298 g/mol. The van der Waals surface area contributed by atoms with Crippen molar-refractivity contribution < 1.29 is 13.5 Å². The molecule has 2 aromatic heterocycles. The van der Waals surface area contributed by atoms with E-state index in [2.05, 4.69) is 15.4 Å². The Balaban J connectivity index is 1.84. The summed E-state index contributed by atoms with van der Waals surface area (Å²) in [6, 6.07) is 4.81. The van der Waals surface area contributed by atoms with E-state index in [1.807, 2.05) is 11.4 Å². The fourth-order valence-electron chi connectivity index (χ4n) is 1.83. The first kappa shape index (κ1) is 13.7. The number of aromatic nitrogens is 2. The number of nitrogens with two attached hydrogens (primary N) is 1. The van der Waals surface area contributed by atoms with Crippen LogP contribution in [-0.2, 0) is 6.61 Å². The van der Waals surface area contributed by atoms with Crippen molar-refractivity contribution in [3.8, 4) is 5.75 Å². The molecule has 0 amide bonds. The zero-order chi connectivity index (χ0) is 14.8. The van der Waals surface area contributed by atoms with E-state index in [4.69, 9.17) is 10.6 Å². The van der Waals surface area contributed by atoms with Crippen LogP contribution in [-0.4, -0.2) is 9.97 Å². The molecule has 0 aliphatic rings. The monoisotopic (exact) mass is 308 g/mol. The van der Waals surface area contributed by atoms with Crippen LogP contribution in [0.4, 0.5) is 14.6 Å². The van der Waals surface area contributed by atoms with Gasteiger partial charge in [0.05, 0.1) is 5.39 Å². The van der Waals surface area contributed by atoms with Crippen molar-refractivity contribution in [2.75, 3.05) is 5.43 Å². The summed E-state index contributed by atoms with van der Waals surface area (Å²) >= 11 is 1.44. The van der Waals surface area contributed by atoms with Gasteiger partial charge in [0.2, 0.25) is 0 Å². The summed E-state index contributed by atoms with van der Waals surface area (Å²) in [7, 11) is 0. The molecule has 21 heavy (non-hydrogen) atoms. The van der Waals surface area contributed by atoms with Gasteiger partial charge in [0.25, 0.3) is 0 Å². The highest BCUT2D eigenvalue weighted by Gasteiger charge is 2.09. The third-order valence-corrected chi connectivity index (χ3v) is 3.52. The molecule has 0 spiro atoms. The second-order valence-corrected chi connectivity index (χ2v) is 5.06. The molecule has 1 aromatic carbocycles. The van der Waals surface area contributed by atoms with Gasteiger partial charge in [-0.2, -0.15) is 0 Å². The van der Waals surface area contributed by atoms with Gasteiger partial charge in [0.1, 0.15) is 28.8 Å². The van der Waals surface area contributed by atoms with Crippen molar-refractivity contribution in [2.45, 2.75) is 6.61 Å². The Bertz CT molecular complexity index is 773. The number of hydrogen-bond donors (Lipinski definition) is 2. The molecule has 0 aliphatic heterocycles. The van der Waals surface area contributed by atoms with Crippen molar-refractivity contribution >= 4 is 27.4 Å². The summed E-state index contributed by atoms with van der Waals surface area (Å²) in [5.41, 5.74) is 2.49. The molecule has 0 saturated carbocycles.